The molecule has 0 aliphatic heterocycles. The zero-order valence-electron chi connectivity index (χ0n) is 16.1. The summed E-state index contributed by atoms with van der Waals surface area (Å²) >= 11 is 0. The van der Waals surface area contributed by atoms with Gasteiger partial charge in [-0.1, -0.05) is 68.5 Å². The van der Waals surface area contributed by atoms with Gasteiger partial charge in [0, 0.05) is 6.42 Å². The van der Waals surface area contributed by atoms with Gasteiger partial charge in [0.2, 0.25) is 0 Å². The summed E-state index contributed by atoms with van der Waals surface area (Å²) in [4.78, 5) is 0. The third-order valence-corrected chi connectivity index (χ3v) is 2.57. The number of aliphatic hydroxyl groups is 2. The lowest BCUT2D eigenvalue weighted by molar-refractivity contribution is 0.342. The minimum absolute atomic E-state index is 0.0836. The number of aliphatic hydroxyl groups excluding tert-OH is 2. The van der Waals surface area contributed by atoms with E-state index in [2.05, 4.69) is 33.6 Å². The van der Waals surface area contributed by atoms with Gasteiger partial charge < -0.3 is 10.2 Å². The predicted octanol–water partition coefficient (Wildman–Crippen LogP) is 6.47. The summed E-state index contributed by atoms with van der Waals surface area (Å²) in [7, 11) is 0. The third-order valence-electron chi connectivity index (χ3n) is 2.57. The molecule has 0 saturated carbocycles. The fraction of sp³-hybridized carbons (Fsp3) is 0.364. The van der Waals surface area contributed by atoms with E-state index in [1.54, 1.807) is 18.2 Å². The fourth-order valence-electron chi connectivity index (χ4n) is 1.47. The van der Waals surface area contributed by atoms with Crippen molar-refractivity contribution in [1.82, 2.24) is 0 Å². The van der Waals surface area contributed by atoms with Gasteiger partial charge >= 0.3 is 0 Å². The van der Waals surface area contributed by atoms with Crippen molar-refractivity contribution in [3.05, 3.63) is 85.3 Å². The lowest BCUT2D eigenvalue weighted by atomic mass is 10.1. The highest BCUT2D eigenvalue weighted by atomic mass is 16.3. The normalized spacial score (nSPS) is 12.7. The second-order valence-electron chi connectivity index (χ2n) is 5.24. The second-order valence-corrected chi connectivity index (χ2v) is 5.24. The Balaban J connectivity index is -0.000000374. The third kappa shape index (κ3) is 22.2. The average Bonchev–Trinajstić information content (AvgIpc) is 2.55. The number of allylic oxidation sites excluding steroid dienone is 10. The van der Waals surface area contributed by atoms with Crippen LogP contribution in [0.1, 0.15) is 41.0 Å². The molecule has 0 bridgehead atoms. The van der Waals surface area contributed by atoms with Crippen LogP contribution >= 0.6 is 0 Å². The summed E-state index contributed by atoms with van der Waals surface area (Å²) < 4.78 is 0. The van der Waals surface area contributed by atoms with Crippen LogP contribution in [0.5, 0.6) is 0 Å². The van der Waals surface area contributed by atoms with E-state index in [-0.39, 0.29) is 6.61 Å². The zero-order chi connectivity index (χ0) is 19.4. The summed E-state index contributed by atoms with van der Waals surface area (Å²) in [5, 5.41) is 17.5. The number of hydrogen-bond donors (Lipinski definition) is 2. The molecule has 2 nitrogen and oxygen atoms in total. The lowest BCUT2D eigenvalue weighted by Gasteiger charge is -2.00. The van der Waals surface area contributed by atoms with Crippen LogP contribution in [0, 0.1) is 5.92 Å². The quantitative estimate of drug-likeness (QED) is 0.319. The molecule has 0 rings (SSSR count). The molecule has 2 N–H and O–H groups in total. The smallest absolute Gasteiger partial charge is 0.0882 e. The van der Waals surface area contributed by atoms with Crippen molar-refractivity contribution in [2.45, 2.75) is 41.0 Å². The van der Waals surface area contributed by atoms with Crippen molar-refractivity contribution in [2.24, 2.45) is 5.92 Å². The van der Waals surface area contributed by atoms with E-state index in [0.29, 0.717) is 11.7 Å². The Hall–Kier alpha value is -2.06. The highest BCUT2D eigenvalue weighted by Crippen LogP contribution is 2.06. The van der Waals surface area contributed by atoms with Crippen molar-refractivity contribution in [3.63, 3.8) is 0 Å². The van der Waals surface area contributed by atoms with Gasteiger partial charge in [-0.25, -0.2) is 0 Å². The lowest BCUT2D eigenvalue weighted by Crippen LogP contribution is -1.88. The topological polar surface area (TPSA) is 40.5 Å². The zero-order valence-corrected chi connectivity index (χ0v) is 16.1. The summed E-state index contributed by atoms with van der Waals surface area (Å²) in [6.07, 6.45) is 15.9. The predicted molar refractivity (Wildman–Crippen MR) is 110 cm³/mol. The SMILES string of the molecule is C/C=C(/O)CC(C)C.C=C.C=C/C=C(\C=C/C)/C=C\C(C)=C\CO. The van der Waals surface area contributed by atoms with Gasteiger partial charge in [-0.2, -0.15) is 0 Å². The Morgan fingerprint density at radius 1 is 1.08 bits per heavy atom. The number of rotatable bonds is 7. The van der Waals surface area contributed by atoms with Gasteiger partial charge in [0.15, 0.2) is 0 Å². The highest BCUT2D eigenvalue weighted by Gasteiger charge is 1.94. The van der Waals surface area contributed by atoms with Gasteiger partial charge in [-0.3, -0.25) is 0 Å². The molecule has 0 aromatic rings. The molecule has 0 spiro atoms. The van der Waals surface area contributed by atoms with Crippen LogP contribution in [0.4, 0.5) is 0 Å². The van der Waals surface area contributed by atoms with Crippen LogP contribution in [0.2, 0.25) is 0 Å². The monoisotopic (exact) mass is 332 g/mol. The minimum Gasteiger partial charge on any atom is -0.513 e. The first kappa shape index (κ1) is 26.8. The molecule has 0 fully saturated rings. The summed E-state index contributed by atoms with van der Waals surface area (Å²) in [6.45, 7) is 19.7. The van der Waals surface area contributed by atoms with E-state index in [0.717, 1.165) is 17.6 Å². The fourth-order valence-corrected chi connectivity index (χ4v) is 1.47. The van der Waals surface area contributed by atoms with Crippen LogP contribution in [-0.4, -0.2) is 16.8 Å². The van der Waals surface area contributed by atoms with Gasteiger partial charge in [0.25, 0.3) is 0 Å². The highest BCUT2D eigenvalue weighted by molar-refractivity contribution is 5.36. The molecule has 0 atom stereocenters. The molecule has 2 heteroatoms. The molecule has 0 aliphatic carbocycles. The second kappa shape index (κ2) is 20.9. The van der Waals surface area contributed by atoms with E-state index >= 15 is 0 Å². The average molecular weight is 333 g/mol. The molecule has 0 aromatic heterocycles. The van der Waals surface area contributed by atoms with Crippen LogP contribution in [-0.2, 0) is 0 Å². The van der Waals surface area contributed by atoms with Crippen LogP contribution in [0.15, 0.2) is 85.3 Å². The van der Waals surface area contributed by atoms with Crippen LogP contribution in [0.3, 0.4) is 0 Å². The molecule has 0 aromatic carbocycles. The summed E-state index contributed by atoms with van der Waals surface area (Å²) in [6, 6.07) is 0. The van der Waals surface area contributed by atoms with Gasteiger partial charge in [-0.05, 0) is 38.3 Å². The molecule has 24 heavy (non-hydrogen) atoms. The molecule has 136 valence electrons. The first-order chi connectivity index (χ1) is 11.4. The Morgan fingerprint density at radius 3 is 2.00 bits per heavy atom. The molecule has 0 unspecified atom stereocenters. The summed E-state index contributed by atoms with van der Waals surface area (Å²) in [5.74, 6) is 1.06. The van der Waals surface area contributed by atoms with Crippen molar-refractivity contribution in [2.75, 3.05) is 6.61 Å². The molecule has 0 amide bonds. The molecule has 0 aliphatic rings. The summed E-state index contributed by atoms with van der Waals surface area (Å²) in [5.41, 5.74) is 2.14. The minimum atomic E-state index is 0.0836. The maximum Gasteiger partial charge on any atom is 0.0882 e. The van der Waals surface area contributed by atoms with Crippen molar-refractivity contribution in [3.8, 4) is 0 Å². The standard InChI is InChI=1S/C13H18O.C7H14O.C2H4/c1-4-6-13(7-5-2)9-8-12(3)10-11-14;1-4-7(8)5-6(2)3;1-2/h4-10,14H,1,11H2,2-3H3;4,6,8H,5H2,1-3H3;1-2H2/b7-5-,9-8-,12-10+,13-6+;7-4+;. The van der Waals surface area contributed by atoms with Crippen molar-refractivity contribution in [1.29, 1.82) is 0 Å². The van der Waals surface area contributed by atoms with E-state index in [1.165, 1.54) is 0 Å². The molecule has 0 radical (unpaired) electrons. The largest absolute Gasteiger partial charge is 0.513 e. The van der Waals surface area contributed by atoms with E-state index < -0.39 is 0 Å². The Bertz CT molecular complexity index is 447. The first-order valence-electron chi connectivity index (χ1n) is 8.16. The first-order valence-corrected chi connectivity index (χ1v) is 8.16. The van der Waals surface area contributed by atoms with Crippen LogP contribution in [0.25, 0.3) is 0 Å². The van der Waals surface area contributed by atoms with Gasteiger partial charge in [0.1, 0.15) is 0 Å². The number of hydrogen-bond acceptors (Lipinski definition) is 2. The van der Waals surface area contributed by atoms with Crippen molar-refractivity contribution >= 4 is 0 Å². The van der Waals surface area contributed by atoms with E-state index in [1.807, 2.05) is 51.2 Å². The van der Waals surface area contributed by atoms with Gasteiger partial charge in [0.05, 0.1) is 12.4 Å². The van der Waals surface area contributed by atoms with Gasteiger partial charge in [-0.15, -0.1) is 13.2 Å². The maximum atomic E-state index is 8.89. The Kier molecular flexibility index (Phi) is 23.4. The molecular weight excluding hydrogens is 296 g/mol. The van der Waals surface area contributed by atoms with Crippen molar-refractivity contribution < 1.29 is 10.2 Å². The maximum absolute atomic E-state index is 8.89. The van der Waals surface area contributed by atoms with E-state index in [9.17, 15) is 0 Å². The molecule has 0 heterocycles. The Labute approximate surface area is 149 Å². The molecular formula is C22H36O2. The Morgan fingerprint density at radius 2 is 1.67 bits per heavy atom. The molecule has 0 saturated heterocycles. The van der Waals surface area contributed by atoms with E-state index in [4.69, 9.17) is 10.2 Å². The van der Waals surface area contributed by atoms with Crippen LogP contribution < -0.4 is 0 Å².